The normalized spacial score (nSPS) is 22.4. The van der Waals surface area contributed by atoms with Gasteiger partial charge in [0.15, 0.2) is 11.5 Å². The van der Waals surface area contributed by atoms with Crippen molar-refractivity contribution in [3.8, 4) is 17.6 Å². The zero-order valence-corrected chi connectivity index (χ0v) is 18.4. The van der Waals surface area contributed by atoms with Crippen molar-refractivity contribution in [1.29, 1.82) is 5.26 Å². The minimum absolute atomic E-state index is 0.0818. The smallest absolute Gasteiger partial charge is 0.258 e. The van der Waals surface area contributed by atoms with Gasteiger partial charge in [0.05, 0.1) is 11.6 Å². The Morgan fingerprint density at radius 3 is 2.74 bits per heavy atom. The monoisotopic (exact) mass is 455 g/mol. The summed E-state index contributed by atoms with van der Waals surface area (Å²) in [5.41, 5.74) is 2.62. The highest BCUT2D eigenvalue weighted by molar-refractivity contribution is 5.98. The molecule has 1 amide bonds. The minimum atomic E-state index is -1.09. The average molecular weight is 455 g/mol. The standard InChI is InChI=1S/C25H21N5O4/c1-13-10-14-4-2-3-5-17(14)30(13)25-28-22-21(24(32)29-25)20(16(12-26)23(31)27-22)15-6-7-18-19(11-15)34-9-8-33-18/h2-7,11,13,16,20H,8-10H2,1H3,(H2,27,28,29,31,32). The fourth-order valence-electron chi connectivity index (χ4n) is 5.11. The first-order valence-corrected chi connectivity index (χ1v) is 11.2. The van der Waals surface area contributed by atoms with Crippen LogP contribution in [0.4, 0.5) is 17.5 Å². The number of hydrogen-bond donors (Lipinski definition) is 2. The zero-order valence-electron chi connectivity index (χ0n) is 18.4. The van der Waals surface area contributed by atoms with E-state index in [9.17, 15) is 14.9 Å². The quantitative estimate of drug-likeness (QED) is 0.610. The van der Waals surface area contributed by atoms with Gasteiger partial charge in [-0.2, -0.15) is 10.2 Å². The van der Waals surface area contributed by atoms with Gasteiger partial charge >= 0.3 is 0 Å². The van der Waals surface area contributed by atoms with Crippen molar-refractivity contribution in [3.05, 3.63) is 69.5 Å². The van der Waals surface area contributed by atoms with Crippen molar-refractivity contribution in [3.63, 3.8) is 0 Å². The molecule has 0 fully saturated rings. The van der Waals surface area contributed by atoms with Crippen molar-refractivity contribution in [2.45, 2.75) is 25.3 Å². The Hall–Kier alpha value is -4.32. The number of para-hydroxylation sites is 1. The molecule has 170 valence electrons. The summed E-state index contributed by atoms with van der Waals surface area (Å²) >= 11 is 0. The molecule has 34 heavy (non-hydrogen) atoms. The molecule has 0 aliphatic carbocycles. The minimum Gasteiger partial charge on any atom is -0.486 e. The molecule has 0 radical (unpaired) electrons. The van der Waals surface area contributed by atoms with Gasteiger partial charge in [-0.25, -0.2) is 0 Å². The first kappa shape index (κ1) is 20.3. The second-order valence-corrected chi connectivity index (χ2v) is 8.68. The maximum Gasteiger partial charge on any atom is 0.258 e. The van der Waals surface area contributed by atoms with E-state index in [0.717, 1.165) is 17.7 Å². The molecule has 9 nitrogen and oxygen atoms in total. The molecule has 4 heterocycles. The summed E-state index contributed by atoms with van der Waals surface area (Å²) in [6, 6.07) is 15.3. The van der Waals surface area contributed by atoms with E-state index in [1.165, 1.54) is 0 Å². The molecule has 0 bridgehead atoms. The number of carbonyl (C=O) groups excluding carboxylic acids is 1. The number of nitrogens with one attached hydrogen (secondary N) is 2. The third-order valence-electron chi connectivity index (χ3n) is 6.61. The Bertz CT molecular complexity index is 1430. The molecule has 3 unspecified atom stereocenters. The van der Waals surface area contributed by atoms with Gasteiger partial charge in [-0.3, -0.25) is 14.6 Å². The van der Waals surface area contributed by atoms with Gasteiger partial charge in [-0.1, -0.05) is 24.3 Å². The van der Waals surface area contributed by atoms with Crippen LogP contribution in [0.5, 0.6) is 11.5 Å². The van der Waals surface area contributed by atoms with Crippen LogP contribution in [0.1, 0.15) is 29.5 Å². The van der Waals surface area contributed by atoms with E-state index in [0.29, 0.717) is 36.2 Å². The van der Waals surface area contributed by atoms with Gasteiger partial charge in [0.2, 0.25) is 11.9 Å². The van der Waals surface area contributed by atoms with Crippen LogP contribution in [0, 0.1) is 17.2 Å². The van der Waals surface area contributed by atoms with Crippen molar-refractivity contribution in [1.82, 2.24) is 9.97 Å². The lowest BCUT2D eigenvalue weighted by atomic mass is 9.79. The van der Waals surface area contributed by atoms with Crippen LogP contribution in [0.3, 0.4) is 0 Å². The number of carbonyl (C=O) groups is 1. The zero-order chi connectivity index (χ0) is 23.4. The maximum atomic E-state index is 13.5. The molecular weight excluding hydrogens is 434 g/mol. The molecule has 3 aliphatic rings. The predicted molar refractivity (Wildman–Crippen MR) is 124 cm³/mol. The third-order valence-corrected chi connectivity index (χ3v) is 6.61. The number of aromatic nitrogens is 2. The third kappa shape index (κ3) is 3.03. The Kier molecular flexibility index (Phi) is 4.55. The highest BCUT2D eigenvalue weighted by atomic mass is 16.6. The summed E-state index contributed by atoms with van der Waals surface area (Å²) in [6.07, 6.45) is 0.819. The topological polar surface area (TPSA) is 120 Å². The van der Waals surface area contributed by atoms with E-state index in [2.05, 4.69) is 34.3 Å². The molecule has 3 atom stereocenters. The SMILES string of the molecule is CC1Cc2ccccc2N1c1nc2c(c(=O)[nH]1)C(c1ccc3c(c1)OCCO3)C(C#N)C(=O)N2. The van der Waals surface area contributed by atoms with E-state index in [4.69, 9.17) is 9.47 Å². The van der Waals surface area contributed by atoms with Gasteiger partial charge in [-0.05, 0) is 42.7 Å². The number of nitriles is 1. The van der Waals surface area contributed by atoms with Crippen LogP contribution in [0.2, 0.25) is 0 Å². The van der Waals surface area contributed by atoms with Gasteiger partial charge in [-0.15, -0.1) is 0 Å². The van der Waals surface area contributed by atoms with Crippen LogP contribution in [-0.2, 0) is 11.2 Å². The highest BCUT2D eigenvalue weighted by Crippen LogP contribution is 2.43. The van der Waals surface area contributed by atoms with Gasteiger partial charge < -0.3 is 19.7 Å². The molecule has 1 aromatic heterocycles. The van der Waals surface area contributed by atoms with Crippen molar-refractivity contribution >= 4 is 23.4 Å². The van der Waals surface area contributed by atoms with Crippen LogP contribution in [0.25, 0.3) is 0 Å². The summed E-state index contributed by atoms with van der Waals surface area (Å²) < 4.78 is 11.3. The summed E-state index contributed by atoms with van der Waals surface area (Å²) in [5.74, 6) is -0.726. The number of ether oxygens (including phenoxy) is 2. The molecule has 9 heteroatoms. The molecule has 0 spiro atoms. The fourth-order valence-corrected chi connectivity index (χ4v) is 5.11. The van der Waals surface area contributed by atoms with Gasteiger partial charge in [0, 0.05) is 17.6 Å². The summed E-state index contributed by atoms with van der Waals surface area (Å²) in [5, 5.41) is 12.5. The Balaban J connectivity index is 1.49. The Morgan fingerprint density at radius 1 is 1.12 bits per heavy atom. The number of amides is 1. The molecule has 2 aromatic carbocycles. The predicted octanol–water partition coefficient (Wildman–Crippen LogP) is 2.85. The average Bonchev–Trinajstić information content (AvgIpc) is 3.18. The van der Waals surface area contributed by atoms with Crippen molar-refractivity contribution < 1.29 is 14.3 Å². The van der Waals surface area contributed by atoms with Crippen LogP contribution in [-0.4, -0.2) is 35.1 Å². The van der Waals surface area contributed by atoms with E-state index in [-0.39, 0.29) is 17.4 Å². The second kappa shape index (κ2) is 7.63. The number of hydrogen-bond acceptors (Lipinski definition) is 7. The maximum absolute atomic E-state index is 13.5. The van der Waals surface area contributed by atoms with Crippen LogP contribution < -0.4 is 25.2 Å². The van der Waals surface area contributed by atoms with Crippen LogP contribution >= 0.6 is 0 Å². The molecule has 3 aliphatic heterocycles. The number of fused-ring (bicyclic) bond motifs is 3. The second-order valence-electron chi connectivity index (χ2n) is 8.68. The van der Waals surface area contributed by atoms with Gasteiger partial charge in [0.1, 0.15) is 24.9 Å². The number of H-pyrrole nitrogens is 1. The van der Waals surface area contributed by atoms with E-state index >= 15 is 0 Å². The van der Waals surface area contributed by atoms with Crippen molar-refractivity contribution in [2.24, 2.45) is 5.92 Å². The Labute approximate surface area is 195 Å². The lowest BCUT2D eigenvalue weighted by molar-refractivity contribution is -0.119. The number of anilines is 3. The number of benzene rings is 2. The van der Waals surface area contributed by atoms with E-state index < -0.39 is 23.3 Å². The number of nitrogens with zero attached hydrogens (tertiary/aromatic N) is 3. The summed E-state index contributed by atoms with van der Waals surface area (Å²) in [7, 11) is 0. The number of aromatic amines is 1. The van der Waals surface area contributed by atoms with Gasteiger partial charge in [0.25, 0.3) is 5.56 Å². The van der Waals surface area contributed by atoms with E-state index in [1.807, 2.05) is 23.1 Å². The molecule has 6 rings (SSSR count). The Morgan fingerprint density at radius 2 is 1.91 bits per heavy atom. The molecule has 0 saturated heterocycles. The first-order valence-electron chi connectivity index (χ1n) is 11.2. The lowest BCUT2D eigenvalue weighted by Crippen LogP contribution is -2.39. The molecule has 2 N–H and O–H groups in total. The highest BCUT2D eigenvalue weighted by Gasteiger charge is 2.41. The molecule has 3 aromatic rings. The lowest BCUT2D eigenvalue weighted by Gasteiger charge is -2.30. The number of rotatable bonds is 2. The molecule has 0 saturated carbocycles. The van der Waals surface area contributed by atoms with Crippen molar-refractivity contribution in [2.75, 3.05) is 23.4 Å². The molecular formula is C25H21N5O4. The summed E-state index contributed by atoms with van der Waals surface area (Å²) in [4.78, 5) is 35.9. The van der Waals surface area contributed by atoms with E-state index in [1.54, 1.807) is 18.2 Å². The fraction of sp³-hybridized carbons (Fsp3) is 0.280. The summed E-state index contributed by atoms with van der Waals surface area (Å²) in [6.45, 7) is 2.91. The largest absolute Gasteiger partial charge is 0.486 e. The van der Waals surface area contributed by atoms with Crippen LogP contribution in [0.15, 0.2) is 47.3 Å². The first-order chi connectivity index (χ1) is 16.5.